The Morgan fingerprint density at radius 2 is 2.03 bits per heavy atom. The van der Waals surface area contributed by atoms with E-state index < -0.39 is 0 Å². The van der Waals surface area contributed by atoms with Crippen molar-refractivity contribution in [1.82, 2.24) is 40.5 Å². The van der Waals surface area contributed by atoms with Crippen LogP contribution in [-0.4, -0.2) is 58.7 Å². The molecule has 4 N–H and O–H groups in total. The summed E-state index contributed by atoms with van der Waals surface area (Å²) in [5, 5.41) is 29.3. The van der Waals surface area contributed by atoms with Crippen molar-refractivity contribution in [2.75, 3.05) is 13.1 Å². The Kier molecular flexibility index (Phi) is 5.38. The highest BCUT2D eigenvalue weighted by atomic mass is 16.3. The summed E-state index contributed by atoms with van der Waals surface area (Å²) in [6, 6.07) is 11.8. The van der Waals surface area contributed by atoms with Gasteiger partial charge in [0, 0.05) is 25.0 Å². The third kappa shape index (κ3) is 4.10. The standard InChI is InChI=1S/C26H26N8O/c1-2-16-11-20(35)4-6-21(16)18-3-5-22-23(12-18)31-32-25(22)26-27-14-24(29-26)17-7-9-34(10-8-17)15-19-13-28-33-30-19/h3-7,11-14,35H,2,8-10,15H2,1H3,(H,27,29)(H,31,32)(H,28,30,33). The Bertz CT molecular complexity index is 1510. The maximum Gasteiger partial charge on any atom is 0.159 e. The second-order valence-electron chi connectivity index (χ2n) is 8.85. The molecule has 176 valence electrons. The summed E-state index contributed by atoms with van der Waals surface area (Å²) < 4.78 is 0. The van der Waals surface area contributed by atoms with Gasteiger partial charge in [-0.25, -0.2) is 4.98 Å². The predicted octanol–water partition coefficient (Wildman–Crippen LogP) is 4.30. The molecular weight excluding hydrogens is 440 g/mol. The molecule has 1 aliphatic rings. The number of nitrogens with one attached hydrogen (secondary N) is 3. The number of aromatic amines is 3. The number of imidazole rings is 1. The number of hydrogen-bond donors (Lipinski definition) is 4. The minimum Gasteiger partial charge on any atom is -0.508 e. The topological polar surface area (TPSA) is 122 Å². The molecule has 35 heavy (non-hydrogen) atoms. The Morgan fingerprint density at radius 3 is 2.83 bits per heavy atom. The van der Waals surface area contributed by atoms with Gasteiger partial charge in [0.1, 0.15) is 11.4 Å². The van der Waals surface area contributed by atoms with Gasteiger partial charge in [0.2, 0.25) is 0 Å². The number of phenols is 1. The number of benzene rings is 2. The Balaban J connectivity index is 1.23. The quantitative estimate of drug-likeness (QED) is 0.296. The first-order valence-corrected chi connectivity index (χ1v) is 11.8. The number of phenolic OH excluding ortho intramolecular Hbond substituents is 1. The molecule has 1 aliphatic heterocycles. The number of fused-ring (bicyclic) bond motifs is 1. The molecule has 0 aliphatic carbocycles. The molecule has 4 heterocycles. The highest BCUT2D eigenvalue weighted by molar-refractivity contribution is 5.94. The summed E-state index contributed by atoms with van der Waals surface area (Å²) in [6.45, 7) is 4.70. The van der Waals surface area contributed by atoms with Crippen LogP contribution in [0.15, 0.2) is 54.9 Å². The van der Waals surface area contributed by atoms with E-state index >= 15 is 0 Å². The zero-order valence-corrected chi connectivity index (χ0v) is 19.4. The van der Waals surface area contributed by atoms with E-state index in [1.165, 1.54) is 5.57 Å². The molecule has 0 saturated carbocycles. The van der Waals surface area contributed by atoms with Crippen LogP contribution in [0.25, 0.3) is 39.1 Å². The van der Waals surface area contributed by atoms with E-state index in [1.54, 1.807) is 12.3 Å². The van der Waals surface area contributed by atoms with Crippen LogP contribution in [0, 0.1) is 0 Å². The average molecular weight is 467 g/mol. The molecule has 0 spiro atoms. The van der Waals surface area contributed by atoms with Crippen LogP contribution >= 0.6 is 0 Å². The van der Waals surface area contributed by atoms with Crippen molar-refractivity contribution in [1.29, 1.82) is 0 Å². The number of hydrogen-bond acceptors (Lipinski definition) is 6. The minimum absolute atomic E-state index is 0.292. The predicted molar refractivity (Wildman–Crippen MR) is 134 cm³/mol. The van der Waals surface area contributed by atoms with Gasteiger partial charge in [0.15, 0.2) is 5.82 Å². The fourth-order valence-electron chi connectivity index (χ4n) is 4.76. The van der Waals surface area contributed by atoms with Gasteiger partial charge >= 0.3 is 0 Å². The molecule has 3 aromatic heterocycles. The summed E-state index contributed by atoms with van der Waals surface area (Å²) >= 11 is 0. The zero-order valence-electron chi connectivity index (χ0n) is 19.4. The number of aromatic hydroxyl groups is 1. The summed E-state index contributed by atoms with van der Waals surface area (Å²) in [5.74, 6) is 1.05. The number of nitrogens with zero attached hydrogens (tertiary/aromatic N) is 5. The van der Waals surface area contributed by atoms with Crippen LogP contribution in [0.4, 0.5) is 0 Å². The lowest BCUT2D eigenvalue weighted by atomic mass is 9.97. The second kappa shape index (κ2) is 8.84. The molecule has 9 heteroatoms. The van der Waals surface area contributed by atoms with E-state index in [-0.39, 0.29) is 0 Å². The second-order valence-corrected chi connectivity index (χ2v) is 8.85. The lowest BCUT2D eigenvalue weighted by Crippen LogP contribution is -2.28. The van der Waals surface area contributed by atoms with Crippen molar-refractivity contribution in [2.45, 2.75) is 26.3 Å². The van der Waals surface area contributed by atoms with Gasteiger partial charge in [-0.2, -0.15) is 20.5 Å². The molecule has 0 fully saturated rings. The van der Waals surface area contributed by atoms with E-state index in [1.807, 2.05) is 18.3 Å². The largest absolute Gasteiger partial charge is 0.508 e. The molecule has 0 radical (unpaired) electrons. The molecule has 0 unspecified atom stereocenters. The lowest BCUT2D eigenvalue weighted by Gasteiger charge is -2.24. The maximum absolute atomic E-state index is 9.84. The number of aryl methyl sites for hydroxylation is 1. The first-order valence-electron chi connectivity index (χ1n) is 11.8. The van der Waals surface area contributed by atoms with Crippen LogP contribution in [0.5, 0.6) is 5.75 Å². The molecule has 0 amide bonds. The monoisotopic (exact) mass is 466 g/mol. The Morgan fingerprint density at radius 1 is 1.09 bits per heavy atom. The molecule has 0 bridgehead atoms. The Hall–Kier alpha value is -4.24. The summed E-state index contributed by atoms with van der Waals surface area (Å²) in [6.07, 6.45) is 7.70. The number of aromatic nitrogens is 7. The van der Waals surface area contributed by atoms with Gasteiger partial charge < -0.3 is 10.1 Å². The van der Waals surface area contributed by atoms with Crippen LogP contribution < -0.4 is 0 Å². The first-order chi connectivity index (χ1) is 17.2. The van der Waals surface area contributed by atoms with E-state index in [2.05, 4.69) is 71.7 Å². The van der Waals surface area contributed by atoms with Crippen molar-refractivity contribution >= 4 is 16.5 Å². The van der Waals surface area contributed by atoms with Crippen LogP contribution in [0.2, 0.25) is 0 Å². The summed E-state index contributed by atoms with van der Waals surface area (Å²) in [7, 11) is 0. The van der Waals surface area contributed by atoms with Gasteiger partial charge in [0.05, 0.1) is 29.3 Å². The van der Waals surface area contributed by atoms with Crippen molar-refractivity contribution < 1.29 is 5.11 Å². The smallest absolute Gasteiger partial charge is 0.159 e. The van der Waals surface area contributed by atoms with Crippen LogP contribution in [-0.2, 0) is 13.0 Å². The highest BCUT2D eigenvalue weighted by Crippen LogP contribution is 2.32. The maximum atomic E-state index is 9.84. The third-order valence-corrected chi connectivity index (χ3v) is 6.63. The van der Waals surface area contributed by atoms with Gasteiger partial charge in [-0.15, -0.1) is 0 Å². The Labute approximate surface area is 201 Å². The molecule has 9 nitrogen and oxygen atoms in total. The number of H-pyrrole nitrogens is 3. The van der Waals surface area contributed by atoms with Crippen molar-refractivity contribution in [3.05, 3.63) is 71.8 Å². The number of rotatable bonds is 6. The SMILES string of the molecule is CCc1cc(O)ccc1-c1ccc2c(-c3ncc(C4=CCN(Cc5cn[nH]n5)CC4)[nH]3)n[nH]c2c1. The molecular formula is C26H26N8O. The fourth-order valence-corrected chi connectivity index (χ4v) is 4.76. The third-order valence-electron chi connectivity index (χ3n) is 6.63. The van der Waals surface area contributed by atoms with E-state index in [0.717, 1.165) is 83.0 Å². The van der Waals surface area contributed by atoms with Crippen LogP contribution in [0.3, 0.4) is 0 Å². The lowest BCUT2D eigenvalue weighted by molar-refractivity contribution is 0.290. The van der Waals surface area contributed by atoms with Crippen molar-refractivity contribution in [3.63, 3.8) is 0 Å². The van der Waals surface area contributed by atoms with E-state index in [0.29, 0.717) is 5.75 Å². The molecule has 0 saturated heterocycles. The summed E-state index contributed by atoms with van der Waals surface area (Å²) in [5.41, 5.74) is 8.33. The van der Waals surface area contributed by atoms with Crippen molar-refractivity contribution in [2.24, 2.45) is 0 Å². The summed E-state index contributed by atoms with van der Waals surface area (Å²) in [4.78, 5) is 10.5. The fraction of sp³-hybridized carbons (Fsp3) is 0.231. The molecule has 5 aromatic rings. The highest BCUT2D eigenvalue weighted by Gasteiger charge is 2.18. The average Bonchev–Trinajstić information content (AvgIpc) is 3.65. The van der Waals surface area contributed by atoms with Crippen molar-refractivity contribution in [3.8, 4) is 28.4 Å². The van der Waals surface area contributed by atoms with Gasteiger partial charge in [-0.1, -0.05) is 25.1 Å². The normalized spacial score (nSPS) is 14.5. The van der Waals surface area contributed by atoms with E-state index in [9.17, 15) is 5.11 Å². The van der Waals surface area contributed by atoms with E-state index in [4.69, 9.17) is 0 Å². The van der Waals surface area contributed by atoms with Gasteiger partial charge in [-0.05, 0) is 59.4 Å². The van der Waals surface area contributed by atoms with Gasteiger partial charge in [-0.3, -0.25) is 10.00 Å². The van der Waals surface area contributed by atoms with Gasteiger partial charge in [0.25, 0.3) is 0 Å². The minimum atomic E-state index is 0.292. The zero-order chi connectivity index (χ0) is 23.8. The molecule has 6 rings (SSSR count). The first kappa shape index (κ1) is 21.3. The molecule has 2 aromatic carbocycles. The van der Waals surface area contributed by atoms with Crippen LogP contribution in [0.1, 0.15) is 30.3 Å². The molecule has 0 atom stereocenters.